The molecule has 2 rings (SSSR count). The van der Waals surface area contributed by atoms with Crippen LogP contribution in [0.2, 0.25) is 15.1 Å². The smallest absolute Gasteiger partial charge is 0.124 e. The zero-order chi connectivity index (χ0) is 13.1. The van der Waals surface area contributed by atoms with Gasteiger partial charge in [-0.15, -0.1) is 0 Å². The predicted molar refractivity (Wildman–Crippen MR) is 75.2 cm³/mol. The van der Waals surface area contributed by atoms with Crippen molar-refractivity contribution in [1.82, 2.24) is 0 Å². The average Bonchev–Trinajstić information content (AvgIpc) is 2.30. The molecule has 2 aromatic rings. The Bertz CT molecular complexity index is 521. The van der Waals surface area contributed by atoms with Crippen LogP contribution in [0.25, 0.3) is 0 Å². The largest absolute Gasteiger partial charge is 0.380 e. The van der Waals surface area contributed by atoms with Crippen molar-refractivity contribution in [2.45, 2.75) is 6.54 Å². The fourth-order valence-corrected chi connectivity index (χ4v) is 2.20. The number of hydrogen-bond acceptors (Lipinski definition) is 1. The summed E-state index contributed by atoms with van der Waals surface area (Å²) in [5, 5.41) is 4.60. The Labute approximate surface area is 119 Å². The summed E-state index contributed by atoms with van der Waals surface area (Å²) in [5.74, 6) is -0.353. The van der Waals surface area contributed by atoms with E-state index in [1.54, 1.807) is 24.3 Å². The van der Waals surface area contributed by atoms with Crippen molar-refractivity contribution in [2.24, 2.45) is 0 Å². The van der Waals surface area contributed by atoms with Crippen LogP contribution in [0.1, 0.15) is 5.56 Å². The van der Waals surface area contributed by atoms with Gasteiger partial charge in [0.05, 0.1) is 10.7 Å². The molecule has 0 saturated carbocycles. The van der Waals surface area contributed by atoms with Crippen LogP contribution in [0.15, 0.2) is 36.4 Å². The quantitative estimate of drug-likeness (QED) is 0.800. The monoisotopic (exact) mass is 303 g/mol. The summed E-state index contributed by atoms with van der Waals surface area (Å²) in [6, 6.07) is 9.45. The molecule has 0 amide bonds. The van der Waals surface area contributed by atoms with Gasteiger partial charge in [0.2, 0.25) is 0 Å². The molecule has 0 radical (unpaired) electrons. The SMILES string of the molecule is Fc1ccc(CNc2ccc(Cl)cc2Cl)c(Cl)c1. The van der Waals surface area contributed by atoms with Gasteiger partial charge < -0.3 is 5.32 Å². The van der Waals surface area contributed by atoms with E-state index in [1.807, 2.05) is 0 Å². The van der Waals surface area contributed by atoms with E-state index in [0.717, 1.165) is 11.3 Å². The maximum atomic E-state index is 12.9. The van der Waals surface area contributed by atoms with Gasteiger partial charge in [0.1, 0.15) is 5.82 Å². The Morgan fingerprint density at radius 1 is 0.944 bits per heavy atom. The molecule has 0 aromatic heterocycles. The minimum Gasteiger partial charge on any atom is -0.380 e. The second-order valence-electron chi connectivity index (χ2n) is 3.71. The molecule has 0 saturated heterocycles. The van der Waals surface area contributed by atoms with Crippen LogP contribution in [0.4, 0.5) is 10.1 Å². The third-order valence-electron chi connectivity index (χ3n) is 2.42. The van der Waals surface area contributed by atoms with E-state index < -0.39 is 0 Å². The lowest BCUT2D eigenvalue weighted by Crippen LogP contribution is -2.00. The van der Waals surface area contributed by atoms with Crippen LogP contribution in [0, 0.1) is 5.82 Å². The molecule has 0 bridgehead atoms. The molecular formula is C13H9Cl3FN. The Balaban J connectivity index is 2.11. The molecule has 18 heavy (non-hydrogen) atoms. The van der Waals surface area contributed by atoms with E-state index in [0.29, 0.717) is 21.6 Å². The fraction of sp³-hybridized carbons (Fsp3) is 0.0769. The molecule has 5 heteroatoms. The van der Waals surface area contributed by atoms with Crippen molar-refractivity contribution in [1.29, 1.82) is 0 Å². The molecule has 0 aliphatic heterocycles. The lowest BCUT2D eigenvalue weighted by Gasteiger charge is -2.10. The number of nitrogens with one attached hydrogen (secondary N) is 1. The summed E-state index contributed by atoms with van der Waals surface area (Å²) in [7, 11) is 0. The molecule has 1 nitrogen and oxygen atoms in total. The van der Waals surface area contributed by atoms with E-state index >= 15 is 0 Å². The lowest BCUT2D eigenvalue weighted by molar-refractivity contribution is 0.627. The average molecular weight is 305 g/mol. The summed E-state index contributed by atoms with van der Waals surface area (Å²) in [6.45, 7) is 0.459. The Kier molecular flexibility index (Phi) is 4.33. The first kappa shape index (κ1) is 13.5. The zero-order valence-electron chi connectivity index (χ0n) is 9.18. The Morgan fingerprint density at radius 3 is 2.39 bits per heavy atom. The minimum absolute atomic E-state index is 0.353. The molecule has 0 spiro atoms. The van der Waals surface area contributed by atoms with E-state index in [9.17, 15) is 4.39 Å². The van der Waals surface area contributed by atoms with Gasteiger partial charge in [-0.25, -0.2) is 4.39 Å². The molecule has 94 valence electrons. The van der Waals surface area contributed by atoms with Crippen LogP contribution in [-0.4, -0.2) is 0 Å². The third kappa shape index (κ3) is 3.29. The molecule has 0 aliphatic rings. The highest BCUT2D eigenvalue weighted by Crippen LogP contribution is 2.26. The first-order valence-electron chi connectivity index (χ1n) is 5.19. The molecule has 0 unspecified atom stereocenters. The van der Waals surface area contributed by atoms with Gasteiger partial charge in [-0.05, 0) is 35.9 Å². The summed E-state index contributed by atoms with van der Waals surface area (Å²) < 4.78 is 12.9. The first-order valence-corrected chi connectivity index (χ1v) is 6.32. The molecular weight excluding hydrogens is 296 g/mol. The summed E-state index contributed by atoms with van der Waals surface area (Å²) in [6.07, 6.45) is 0. The van der Waals surface area contributed by atoms with Gasteiger partial charge in [-0.1, -0.05) is 40.9 Å². The van der Waals surface area contributed by atoms with Crippen molar-refractivity contribution in [3.8, 4) is 0 Å². The highest BCUT2D eigenvalue weighted by molar-refractivity contribution is 6.36. The Morgan fingerprint density at radius 2 is 1.72 bits per heavy atom. The number of benzene rings is 2. The van der Waals surface area contributed by atoms with Gasteiger partial charge in [-0.3, -0.25) is 0 Å². The molecule has 0 fully saturated rings. The fourth-order valence-electron chi connectivity index (χ4n) is 1.49. The first-order chi connectivity index (χ1) is 8.56. The highest BCUT2D eigenvalue weighted by atomic mass is 35.5. The second kappa shape index (κ2) is 5.79. The topological polar surface area (TPSA) is 12.0 Å². The van der Waals surface area contributed by atoms with Crippen molar-refractivity contribution in [2.75, 3.05) is 5.32 Å². The van der Waals surface area contributed by atoms with Crippen LogP contribution in [0.5, 0.6) is 0 Å². The van der Waals surface area contributed by atoms with E-state index in [-0.39, 0.29) is 5.82 Å². The minimum atomic E-state index is -0.353. The summed E-state index contributed by atoms with van der Waals surface area (Å²) >= 11 is 17.7. The second-order valence-corrected chi connectivity index (χ2v) is 4.96. The van der Waals surface area contributed by atoms with Crippen LogP contribution >= 0.6 is 34.8 Å². The molecule has 0 heterocycles. The molecule has 1 N–H and O–H groups in total. The van der Waals surface area contributed by atoms with Crippen molar-refractivity contribution < 1.29 is 4.39 Å². The maximum absolute atomic E-state index is 12.9. The number of hydrogen-bond donors (Lipinski definition) is 1. The molecule has 2 aromatic carbocycles. The summed E-state index contributed by atoms with van der Waals surface area (Å²) in [4.78, 5) is 0. The zero-order valence-corrected chi connectivity index (χ0v) is 11.5. The highest BCUT2D eigenvalue weighted by Gasteiger charge is 2.04. The van der Waals surface area contributed by atoms with Gasteiger partial charge in [0.15, 0.2) is 0 Å². The summed E-state index contributed by atoms with van der Waals surface area (Å²) in [5.41, 5.74) is 1.55. The lowest BCUT2D eigenvalue weighted by atomic mass is 10.2. The number of rotatable bonds is 3. The standard InChI is InChI=1S/C13H9Cl3FN/c14-9-2-4-13(12(16)5-9)18-7-8-1-3-10(17)6-11(8)15/h1-6,18H,7H2. The van der Waals surface area contributed by atoms with E-state index in [4.69, 9.17) is 34.8 Å². The van der Waals surface area contributed by atoms with E-state index in [2.05, 4.69) is 5.32 Å². The van der Waals surface area contributed by atoms with Crippen LogP contribution in [0.3, 0.4) is 0 Å². The van der Waals surface area contributed by atoms with Gasteiger partial charge in [0.25, 0.3) is 0 Å². The van der Waals surface area contributed by atoms with E-state index in [1.165, 1.54) is 12.1 Å². The molecule has 0 atom stereocenters. The van der Waals surface area contributed by atoms with Crippen LogP contribution < -0.4 is 5.32 Å². The van der Waals surface area contributed by atoms with Gasteiger partial charge in [-0.2, -0.15) is 0 Å². The molecule has 0 aliphatic carbocycles. The third-order valence-corrected chi connectivity index (χ3v) is 3.32. The number of anilines is 1. The maximum Gasteiger partial charge on any atom is 0.124 e. The number of halogens is 4. The normalized spacial score (nSPS) is 10.4. The van der Waals surface area contributed by atoms with Crippen molar-refractivity contribution >= 4 is 40.5 Å². The Hall–Kier alpha value is -0.960. The van der Waals surface area contributed by atoms with Gasteiger partial charge in [0, 0.05) is 16.6 Å². The van der Waals surface area contributed by atoms with Crippen molar-refractivity contribution in [3.63, 3.8) is 0 Å². The van der Waals surface area contributed by atoms with Crippen molar-refractivity contribution in [3.05, 3.63) is 62.8 Å². The predicted octanol–water partition coefficient (Wildman–Crippen LogP) is 5.40. The van der Waals surface area contributed by atoms with Gasteiger partial charge >= 0.3 is 0 Å². The van der Waals surface area contributed by atoms with Crippen LogP contribution in [-0.2, 0) is 6.54 Å².